The molecule has 0 spiro atoms. The van der Waals surface area contributed by atoms with E-state index in [0.29, 0.717) is 41.4 Å². The van der Waals surface area contributed by atoms with E-state index in [-0.39, 0.29) is 5.91 Å². The molecule has 2 heterocycles. The lowest BCUT2D eigenvalue weighted by Gasteiger charge is -2.15. The number of unbranched alkanes of at least 4 members (excludes halogenated alkanes) is 1. The molecule has 0 bridgehead atoms. The first-order valence-corrected chi connectivity index (χ1v) is 11.7. The fourth-order valence-electron chi connectivity index (χ4n) is 3.77. The Balaban J connectivity index is 1.83. The molecule has 1 amide bonds. The highest BCUT2D eigenvalue weighted by Crippen LogP contribution is 2.23. The molecule has 0 radical (unpaired) electrons. The van der Waals surface area contributed by atoms with Crippen LogP contribution in [-0.2, 0) is 6.42 Å². The van der Waals surface area contributed by atoms with E-state index in [4.69, 9.17) is 9.52 Å². The van der Waals surface area contributed by atoms with Crippen LogP contribution in [0, 0.1) is 18.8 Å². The molecule has 1 atom stereocenters. The van der Waals surface area contributed by atoms with E-state index in [9.17, 15) is 4.79 Å². The van der Waals surface area contributed by atoms with Gasteiger partial charge >= 0.3 is 0 Å². The first kappa shape index (κ1) is 23.7. The number of carbonyl (C=O) groups is 1. The molecule has 1 N–H and O–H groups in total. The summed E-state index contributed by atoms with van der Waals surface area (Å²) >= 11 is 0. The molecule has 0 fully saturated rings. The van der Waals surface area contributed by atoms with Crippen LogP contribution in [0.15, 0.2) is 34.7 Å². The van der Waals surface area contributed by atoms with E-state index < -0.39 is 0 Å². The van der Waals surface area contributed by atoms with Crippen LogP contribution >= 0.6 is 0 Å². The summed E-state index contributed by atoms with van der Waals surface area (Å²) in [5, 5.41) is 15.9. The van der Waals surface area contributed by atoms with Gasteiger partial charge in [0, 0.05) is 24.7 Å². The number of nitrogens with zero attached hydrogens (tertiary/aromatic N) is 4. The van der Waals surface area contributed by atoms with Crippen molar-refractivity contribution in [2.45, 2.75) is 66.7 Å². The zero-order valence-electron chi connectivity index (χ0n) is 19.9. The molecule has 1 aromatic carbocycles. The van der Waals surface area contributed by atoms with Gasteiger partial charge in [-0.1, -0.05) is 53.0 Å². The van der Waals surface area contributed by atoms with Crippen molar-refractivity contribution in [3.8, 4) is 17.3 Å². The Kier molecular flexibility index (Phi) is 8.20. The van der Waals surface area contributed by atoms with Gasteiger partial charge in [-0.05, 0) is 48.9 Å². The molecule has 0 aliphatic carbocycles. The fraction of sp³-hybridized carbons (Fsp3) is 0.520. The normalized spacial score (nSPS) is 12.3. The molecule has 32 heavy (non-hydrogen) atoms. The van der Waals surface area contributed by atoms with Crippen LogP contribution in [-0.4, -0.2) is 32.4 Å². The second kappa shape index (κ2) is 11.1. The first-order valence-electron chi connectivity index (χ1n) is 11.7. The topological polar surface area (TPSA) is 85.8 Å². The van der Waals surface area contributed by atoms with E-state index in [1.54, 1.807) is 6.92 Å². The van der Waals surface area contributed by atoms with E-state index in [1.165, 1.54) is 12.8 Å². The molecule has 7 nitrogen and oxygen atoms in total. The lowest BCUT2D eigenvalue weighted by atomic mass is 9.99. The molecule has 7 heteroatoms. The molecule has 172 valence electrons. The maximum Gasteiger partial charge on any atom is 0.268 e. The number of hydrogen-bond acceptors (Lipinski definition) is 5. The van der Waals surface area contributed by atoms with E-state index in [2.05, 4.69) is 43.2 Å². The highest BCUT2D eigenvalue weighted by molar-refractivity contribution is 5.94. The maximum atomic E-state index is 12.8. The Hall–Kier alpha value is -2.96. The van der Waals surface area contributed by atoms with Gasteiger partial charge in [-0.15, -0.1) is 10.2 Å². The molecule has 3 aromatic rings. The lowest BCUT2D eigenvalue weighted by molar-refractivity contribution is 0.0945. The largest absolute Gasteiger partial charge is 0.420 e. The van der Waals surface area contributed by atoms with Crippen molar-refractivity contribution in [3.63, 3.8) is 0 Å². The molecule has 0 aliphatic rings. The molecule has 1 unspecified atom stereocenters. The number of amides is 1. The Morgan fingerprint density at radius 2 is 2.00 bits per heavy atom. The molecular weight excluding hydrogens is 402 g/mol. The molecule has 0 saturated heterocycles. The van der Waals surface area contributed by atoms with Crippen LogP contribution in [0.1, 0.15) is 75.3 Å². The predicted octanol–water partition coefficient (Wildman–Crippen LogP) is 5.38. The lowest BCUT2D eigenvalue weighted by Crippen LogP contribution is -2.29. The smallest absolute Gasteiger partial charge is 0.268 e. The van der Waals surface area contributed by atoms with Gasteiger partial charge in [-0.2, -0.15) is 5.10 Å². The Morgan fingerprint density at radius 3 is 2.66 bits per heavy atom. The number of rotatable bonds is 11. The van der Waals surface area contributed by atoms with Gasteiger partial charge in [0.15, 0.2) is 0 Å². The Labute approximate surface area is 190 Å². The average Bonchev–Trinajstić information content (AvgIpc) is 3.39. The number of carbonyl (C=O) groups excluding carboxylic acids is 1. The van der Waals surface area contributed by atoms with Crippen LogP contribution < -0.4 is 5.32 Å². The van der Waals surface area contributed by atoms with E-state index in [1.807, 2.05) is 35.0 Å². The van der Waals surface area contributed by atoms with Gasteiger partial charge in [-0.25, -0.2) is 4.68 Å². The van der Waals surface area contributed by atoms with Crippen LogP contribution in [0.2, 0.25) is 0 Å². The number of nitrogens with one attached hydrogen (secondary N) is 1. The minimum absolute atomic E-state index is 0.0490. The van der Waals surface area contributed by atoms with Crippen LogP contribution in [0.4, 0.5) is 0 Å². The van der Waals surface area contributed by atoms with Crippen molar-refractivity contribution in [2.24, 2.45) is 11.8 Å². The molecular formula is C25H35N5O2. The number of benzene rings is 1. The van der Waals surface area contributed by atoms with Gasteiger partial charge in [-0.3, -0.25) is 4.79 Å². The fourth-order valence-corrected chi connectivity index (χ4v) is 3.77. The minimum Gasteiger partial charge on any atom is -0.420 e. The number of aryl methyl sites for hydroxylation is 1. The summed E-state index contributed by atoms with van der Waals surface area (Å²) in [6, 6.07) is 9.59. The molecule has 2 aromatic heterocycles. The highest BCUT2D eigenvalue weighted by Gasteiger charge is 2.17. The quantitative estimate of drug-likeness (QED) is 0.435. The van der Waals surface area contributed by atoms with Gasteiger partial charge in [0.2, 0.25) is 5.89 Å². The zero-order valence-corrected chi connectivity index (χ0v) is 19.9. The first-order chi connectivity index (χ1) is 15.4. The van der Waals surface area contributed by atoms with Crippen molar-refractivity contribution in [2.75, 3.05) is 6.54 Å². The van der Waals surface area contributed by atoms with Crippen molar-refractivity contribution in [1.29, 1.82) is 0 Å². The summed E-state index contributed by atoms with van der Waals surface area (Å²) < 4.78 is 7.45. The second-order valence-electron chi connectivity index (χ2n) is 8.83. The summed E-state index contributed by atoms with van der Waals surface area (Å²) in [5.41, 5.74) is 3.15. The van der Waals surface area contributed by atoms with Crippen molar-refractivity contribution >= 4 is 5.91 Å². The Bertz CT molecular complexity index is 1020. The average molecular weight is 438 g/mol. The maximum absolute atomic E-state index is 12.8. The third-order valence-corrected chi connectivity index (χ3v) is 5.59. The summed E-state index contributed by atoms with van der Waals surface area (Å²) in [6.45, 7) is 11.2. The minimum atomic E-state index is -0.0490. The SMILES string of the molecule is CCCCC(CC)CNC(=O)c1cccc(-n2nc(-c3nnc(C)o3)cc2CC(C)C)c1. The summed E-state index contributed by atoms with van der Waals surface area (Å²) in [4.78, 5) is 12.8. The van der Waals surface area contributed by atoms with Gasteiger partial charge in [0.25, 0.3) is 11.8 Å². The number of hydrogen-bond donors (Lipinski definition) is 1. The Morgan fingerprint density at radius 1 is 1.19 bits per heavy atom. The van der Waals surface area contributed by atoms with Crippen LogP contribution in [0.3, 0.4) is 0 Å². The van der Waals surface area contributed by atoms with Crippen LogP contribution in [0.5, 0.6) is 0 Å². The van der Waals surface area contributed by atoms with Crippen molar-refractivity contribution in [3.05, 3.63) is 47.5 Å². The highest BCUT2D eigenvalue weighted by atomic mass is 16.4. The summed E-state index contributed by atoms with van der Waals surface area (Å²) in [5.74, 6) is 1.82. The third kappa shape index (κ3) is 6.05. The van der Waals surface area contributed by atoms with Crippen molar-refractivity contribution in [1.82, 2.24) is 25.3 Å². The van der Waals surface area contributed by atoms with Crippen LogP contribution in [0.25, 0.3) is 17.3 Å². The molecule has 0 aliphatic heterocycles. The second-order valence-corrected chi connectivity index (χ2v) is 8.83. The monoisotopic (exact) mass is 437 g/mol. The van der Waals surface area contributed by atoms with E-state index in [0.717, 1.165) is 30.6 Å². The van der Waals surface area contributed by atoms with Crippen molar-refractivity contribution < 1.29 is 9.21 Å². The van der Waals surface area contributed by atoms with E-state index >= 15 is 0 Å². The third-order valence-electron chi connectivity index (χ3n) is 5.59. The molecule has 0 saturated carbocycles. The van der Waals surface area contributed by atoms with Gasteiger partial charge < -0.3 is 9.73 Å². The number of aromatic nitrogens is 4. The van der Waals surface area contributed by atoms with Gasteiger partial charge in [0.05, 0.1) is 5.69 Å². The predicted molar refractivity (Wildman–Crippen MR) is 126 cm³/mol. The standard InChI is InChI=1S/C25H35N5O2/c1-6-8-10-19(7-2)16-26-24(31)20-11-9-12-21(14-20)30-22(13-17(3)4)15-23(29-30)25-28-27-18(5)32-25/h9,11-12,14-15,17,19H,6-8,10,13,16H2,1-5H3,(H,26,31). The molecule has 3 rings (SSSR count). The summed E-state index contributed by atoms with van der Waals surface area (Å²) in [7, 11) is 0. The summed E-state index contributed by atoms with van der Waals surface area (Å²) in [6.07, 6.45) is 5.44. The zero-order chi connectivity index (χ0) is 23.1. The van der Waals surface area contributed by atoms with Gasteiger partial charge in [0.1, 0.15) is 5.69 Å².